The number of aliphatic hydroxyl groups excluding tert-OH is 1. The highest BCUT2D eigenvalue weighted by Gasteiger charge is 2.30. The van der Waals surface area contributed by atoms with E-state index in [4.69, 9.17) is 27.9 Å². The molecule has 0 aromatic heterocycles. The van der Waals surface area contributed by atoms with Crippen LogP contribution in [-0.2, 0) is 0 Å². The van der Waals surface area contributed by atoms with Gasteiger partial charge >= 0.3 is 0 Å². The molecule has 0 aliphatic carbocycles. The molecule has 0 saturated carbocycles. The molecule has 4 heteroatoms. The summed E-state index contributed by atoms with van der Waals surface area (Å²) >= 11 is 12.4. The fraction of sp³-hybridized carbons (Fsp3) is 0.200. The molecule has 0 spiro atoms. The summed E-state index contributed by atoms with van der Waals surface area (Å²) in [6.45, 7) is 0. The molecule has 2 aromatic rings. The van der Waals surface area contributed by atoms with Crippen LogP contribution in [0.15, 0.2) is 42.5 Å². The summed E-state index contributed by atoms with van der Waals surface area (Å²) in [6.07, 6.45) is -0.450. The minimum absolute atomic E-state index is 0.328. The summed E-state index contributed by atoms with van der Waals surface area (Å²) in [6, 6.07) is 12.8. The molecule has 2 aromatic carbocycles. The lowest BCUT2D eigenvalue weighted by Crippen LogP contribution is -2.19. The quantitative estimate of drug-likeness (QED) is 0.836. The van der Waals surface area contributed by atoms with Gasteiger partial charge in [0.15, 0.2) is 0 Å². The fourth-order valence-corrected chi connectivity index (χ4v) is 3.03. The van der Waals surface area contributed by atoms with Crippen LogP contribution in [0.1, 0.15) is 29.8 Å². The van der Waals surface area contributed by atoms with Gasteiger partial charge < -0.3 is 9.84 Å². The van der Waals surface area contributed by atoms with Crippen molar-refractivity contribution < 1.29 is 9.84 Å². The van der Waals surface area contributed by atoms with Crippen LogP contribution in [0.2, 0.25) is 10.0 Å². The average molecular weight is 295 g/mol. The van der Waals surface area contributed by atoms with Gasteiger partial charge in [0.05, 0.1) is 6.10 Å². The number of rotatable bonds is 1. The Balaban J connectivity index is 2.02. The number of hydrogen-bond acceptors (Lipinski definition) is 2. The highest BCUT2D eigenvalue weighted by atomic mass is 35.5. The van der Waals surface area contributed by atoms with Gasteiger partial charge in [-0.05, 0) is 18.2 Å². The van der Waals surface area contributed by atoms with Crippen LogP contribution in [0.5, 0.6) is 5.75 Å². The van der Waals surface area contributed by atoms with E-state index >= 15 is 0 Å². The molecule has 98 valence electrons. The Kier molecular flexibility index (Phi) is 3.40. The van der Waals surface area contributed by atoms with E-state index in [1.807, 2.05) is 24.3 Å². The molecular weight excluding hydrogens is 283 g/mol. The molecule has 2 nitrogen and oxygen atoms in total. The van der Waals surface area contributed by atoms with E-state index in [0.717, 1.165) is 11.1 Å². The normalized spacial score (nSPS) is 21.6. The molecule has 19 heavy (non-hydrogen) atoms. The number of hydrogen-bond donors (Lipinski definition) is 1. The Bertz CT molecular complexity index is 593. The van der Waals surface area contributed by atoms with Gasteiger partial charge in [0.2, 0.25) is 0 Å². The van der Waals surface area contributed by atoms with Crippen molar-refractivity contribution in [2.24, 2.45) is 0 Å². The fourth-order valence-electron chi connectivity index (χ4n) is 2.39. The Labute approximate surface area is 121 Å². The summed E-state index contributed by atoms with van der Waals surface area (Å²) in [7, 11) is 0. The van der Waals surface area contributed by atoms with Gasteiger partial charge in [-0.15, -0.1) is 0 Å². The molecule has 3 rings (SSSR count). The number of ether oxygens (including phenoxy) is 1. The third kappa shape index (κ3) is 2.32. The van der Waals surface area contributed by atoms with Gasteiger partial charge in [0.1, 0.15) is 11.9 Å². The van der Waals surface area contributed by atoms with E-state index in [9.17, 15) is 5.11 Å². The van der Waals surface area contributed by atoms with Crippen LogP contribution < -0.4 is 4.74 Å². The van der Waals surface area contributed by atoms with E-state index < -0.39 is 6.10 Å². The molecule has 1 aliphatic heterocycles. The molecule has 1 unspecified atom stereocenters. The van der Waals surface area contributed by atoms with Gasteiger partial charge in [-0.25, -0.2) is 0 Å². The zero-order chi connectivity index (χ0) is 13.4. The molecule has 2 atom stereocenters. The third-order valence-corrected chi connectivity index (χ3v) is 3.97. The molecular formula is C15H12Cl2O2. The maximum Gasteiger partial charge on any atom is 0.129 e. The molecule has 0 amide bonds. The predicted molar refractivity (Wildman–Crippen MR) is 75.8 cm³/mol. The highest BCUT2D eigenvalue weighted by Crippen LogP contribution is 2.44. The Morgan fingerprint density at radius 2 is 1.68 bits per heavy atom. The van der Waals surface area contributed by atoms with Crippen LogP contribution in [-0.4, -0.2) is 5.11 Å². The number of fused-ring (bicyclic) bond motifs is 1. The smallest absolute Gasteiger partial charge is 0.129 e. The predicted octanol–water partition coefficient (Wildman–Crippen LogP) is 4.55. The van der Waals surface area contributed by atoms with Crippen LogP contribution in [0, 0.1) is 0 Å². The van der Waals surface area contributed by atoms with Crippen LogP contribution in [0.3, 0.4) is 0 Å². The van der Waals surface area contributed by atoms with Gasteiger partial charge in [-0.2, -0.15) is 0 Å². The number of aliphatic hydroxyl groups is 1. The lowest BCUT2D eigenvalue weighted by atomic mass is 9.95. The van der Waals surface area contributed by atoms with Crippen molar-refractivity contribution in [1.82, 2.24) is 0 Å². The van der Waals surface area contributed by atoms with E-state index in [1.54, 1.807) is 18.2 Å². The summed E-state index contributed by atoms with van der Waals surface area (Å²) in [5.74, 6) is 0.683. The lowest BCUT2D eigenvalue weighted by molar-refractivity contribution is 0.0658. The van der Waals surface area contributed by atoms with Crippen LogP contribution in [0.4, 0.5) is 0 Å². The second-order valence-electron chi connectivity index (χ2n) is 4.53. The molecule has 0 radical (unpaired) electrons. The second kappa shape index (κ2) is 5.04. The van der Waals surface area contributed by atoms with Gasteiger partial charge in [-0.1, -0.05) is 47.5 Å². The number of para-hydroxylation sites is 1. The van der Waals surface area contributed by atoms with E-state index in [2.05, 4.69) is 0 Å². The molecule has 0 bridgehead atoms. The van der Waals surface area contributed by atoms with Crippen molar-refractivity contribution in [3.63, 3.8) is 0 Å². The topological polar surface area (TPSA) is 29.5 Å². The van der Waals surface area contributed by atoms with E-state index in [-0.39, 0.29) is 6.10 Å². The summed E-state index contributed by atoms with van der Waals surface area (Å²) in [5, 5.41) is 11.3. The maximum atomic E-state index is 10.2. The summed E-state index contributed by atoms with van der Waals surface area (Å²) in [5.41, 5.74) is 1.54. The number of benzene rings is 2. The van der Waals surface area contributed by atoms with Crippen molar-refractivity contribution in [2.45, 2.75) is 18.6 Å². The van der Waals surface area contributed by atoms with Crippen LogP contribution in [0.25, 0.3) is 0 Å². The number of halogens is 2. The molecule has 1 N–H and O–H groups in total. The first-order valence-electron chi connectivity index (χ1n) is 6.04. The third-order valence-electron chi connectivity index (χ3n) is 3.31. The first-order chi connectivity index (χ1) is 9.16. The summed E-state index contributed by atoms with van der Waals surface area (Å²) < 4.78 is 5.92. The Morgan fingerprint density at radius 3 is 2.42 bits per heavy atom. The first-order valence-corrected chi connectivity index (χ1v) is 6.80. The SMILES string of the molecule is O[C@@H]1CC(c2c(Cl)cccc2Cl)Oc2ccccc21. The average Bonchev–Trinajstić information content (AvgIpc) is 2.38. The van der Waals surface area contributed by atoms with E-state index in [1.165, 1.54) is 0 Å². The first kappa shape index (κ1) is 12.8. The summed E-state index contributed by atoms with van der Waals surface area (Å²) in [4.78, 5) is 0. The Morgan fingerprint density at radius 1 is 1.00 bits per heavy atom. The molecule has 1 aliphatic rings. The van der Waals surface area contributed by atoms with Crippen molar-refractivity contribution in [3.8, 4) is 5.75 Å². The van der Waals surface area contributed by atoms with Gasteiger partial charge in [-0.3, -0.25) is 0 Å². The lowest BCUT2D eigenvalue weighted by Gasteiger charge is -2.30. The largest absolute Gasteiger partial charge is 0.485 e. The molecule has 0 fully saturated rings. The van der Waals surface area contributed by atoms with E-state index in [0.29, 0.717) is 22.2 Å². The van der Waals surface area contributed by atoms with Crippen molar-refractivity contribution >= 4 is 23.2 Å². The minimum atomic E-state index is -0.567. The highest BCUT2D eigenvalue weighted by molar-refractivity contribution is 6.36. The second-order valence-corrected chi connectivity index (χ2v) is 5.35. The molecule has 1 heterocycles. The monoisotopic (exact) mass is 294 g/mol. The zero-order valence-corrected chi connectivity index (χ0v) is 11.5. The van der Waals surface area contributed by atoms with Gasteiger partial charge in [0.25, 0.3) is 0 Å². The maximum absolute atomic E-state index is 10.2. The van der Waals surface area contributed by atoms with Crippen molar-refractivity contribution in [2.75, 3.05) is 0 Å². The van der Waals surface area contributed by atoms with Crippen molar-refractivity contribution in [3.05, 3.63) is 63.6 Å². The zero-order valence-electron chi connectivity index (χ0n) is 10.0. The standard InChI is InChI=1S/C15H12Cl2O2/c16-10-5-3-6-11(17)15(10)14-8-12(18)9-4-1-2-7-13(9)19-14/h1-7,12,14,18H,8H2/t12-,14?/m1/s1. The molecule has 0 saturated heterocycles. The van der Waals surface area contributed by atoms with Crippen molar-refractivity contribution in [1.29, 1.82) is 0 Å². The van der Waals surface area contributed by atoms with Crippen LogP contribution >= 0.6 is 23.2 Å². The van der Waals surface area contributed by atoms with Gasteiger partial charge in [0, 0.05) is 27.6 Å². The Hall–Kier alpha value is -1.22. The minimum Gasteiger partial charge on any atom is -0.485 e.